The number of allylic oxidation sites excluding steroid dienone is 1. The molecule has 0 bridgehead atoms. The zero-order valence-electron chi connectivity index (χ0n) is 12.2. The minimum Gasteiger partial charge on any atom is -0.439 e. The third-order valence-corrected chi connectivity index (χ3v) is 2.66. The summed E-state index contributed by atoms with van der Waals surface area (Å²) in [6.45, 7) is 3.04. The van der Waals surface area contributed by atoms with Crippen molar-refractivity contribution in [2.45, 2.75) is 26.2 Å². The molecule has 0 unspecified atom stereocenters. The van der Waals surface area contributed by atoms with Crippen LogP contribution in [0.2, 0.25) is 0 Å². The normalized spacial score (nSPS) is 11.2. The summed E-state index contributed by atoms with van der Waals surface area (Å²) in [4.78, 5) is 3.98. The molecule has 110 valence electrons. The summed E-state index contributed by atoms with van der Waals surface area (Å²) >= 11 is 0. The fourth-order valence-corrected chi connectivity index (χ4v) is 1.62. The van der Waals surface area contributed by atoms with Crippen molar-refractivity contribution in [2.24, 2.45) is 16.5 Å². The van der Waals surface area contributed by atoms with Crippen molar-refractivity contribution in [3.63, 3.8) is 0 Å². The second-order valence-corrected chi connectivity index (χ2v) is 4.47. The zero-order valence-corrected chi connectivity index (χ0v) is 12.2. The first kappa shape index (κ1) is 16.0. The lowest BCUT2D eigenvalue weighted by Gasteiger charge is -2.07. The number of aliphatic imine (C=N–C) groups is 1. The average Bonchev–Trinajstić information content (AvgIpc) is 2.43. The Morgan fingerprint density at radius 3 is 2.55 bits per heavy atom. The molecule has 0 aromatic heterocycles. The number of ether oxygens (including phenoxy) is 1. The summed E-state index contributed by atoms with van der Waals surface area (Å²) in [5.41, 5.74) is 12.1. The Hall–Kier alpha value is -2.01. The van der Waals surface area contributed by atoms with Gasteiger partial charge in [-0.15, -0.1) is 0 Å². The van der Waals surface area contributed by atoms with Gasteiger partial charge in [-0.05, 0) is 50.2 Å². The molecule has 1 aromatic carbocycles. The molecule has 0 saturated carbocycles. The number of hydrogen-bond donors (Lipinski definition) is 3. The standard InChI is InChI=1S/C15H24N4O/c1-3-4-5-14(19-15(16)17)20-13-8-6-12(7-9-13)10-11-18-2/h5-9,18H,3-4,10-11H2,1-2H3,(H4,16,17,19)/b14-5+. The van der Waals surface area contributed by atoms with Crippen molar-refractivity contribution in [1.82, 2.24) is 5.32 Å². The number of guanidine groups is 1. The Morgan fingerprint density at radius 1 is 1.30 bits per heavy atom. The monoisotopic (exact) mass is 276 g/mol. The van der Waals surface area contributed by atoms with Crippen LogP contribution in [0.1, 0.15) is 25.3 Å². The predicted molar refractivity (Wildman–Crippen MR) is 83.5 cm³/mol. The topological polar surface area (TPSA) is 85.7 Å². The van der Waals surface area contributed by atoms with Crippen LogP contribution in [0.25, 0.3) is 0 Å². The van der Waals surface area contributed by atoms with E-state index < -0.39 is 0 Å². The third kappa shape index (κ3) is 6.24. The molecule has 1 rings (SSSR count). The SMILES string of the molecule is CCC/C=C(\N=C(N)N)Oc1ccc(CCNC)cc1. The van der Waals surface area contributed by atoms with Crippen LogP contribution in [0.15, 0.2) is 41.2 Å². The maximum absolute atomic E-state index is 5.68. The van der Waals surface area contributed by atoms with Gasteiger partial charge in [-0.2, -0.15) is 4.99 Å². The molecule has 0 saturated heterocycles. The number of nitrogens with one attached hydrogen (secondary N) is 1. The maximum atomic E-state index is 5.68. The Labute approximate surface area is 120 Å². The van der Waals surface area contributed by atoms with Crippen molar-refractivity contribution >= 4 is 5.96 Å². The second kappa shape index (κ2) is 8.98. The third-order valence-electron chi connectivity index (χ3n) is 2.66. The molecule has 0 aliphatic rings. The molecule has 0 radical (unpaired) electrons. The van der Waals surface area contributed by atoms with Gasteiger partial charge in [0.25, 0.3) is 0 Å². The van der Waals surface area contributed by atoms with E-state index in [-0.39, 0.29) is 5.96 Å². The number of rotatable bonds is 8. The quantitative estimate of drug-likeness (QED) is 0.383. The summed E-state index contributed by atoms with van der Waals surface area (Å²) in [6.07, 6.45) is 4.75. The van der Waals surface area contributed by atoms with Crippen molar-refractivity contribution < 1.29 is 4.74 Å². The van der Waals surface area contributed by atoms with E-state index in [1.807, 2.05) is 37.4 Å². The second-order valence-electron chi connectivity index (χ2n) is 4.47. The van der Waals surface area contributed by atoms with E-state index in [1.54, 1.807) is 0 Å². The molecule has 0 aliphatic carbocycles. The van der Waals surface area contributed by atoms with Gasteiger partial charge in [-0.25, -0.2) is 0 Å². The van der Waals surface area contributed by atoms with Crippen molar-refractivity contribution in [1.29, 1.82) is 0 Å². The Bertz CT molecular complexity index is 447. The van der Waals surface area contributed by atoms with E-state index in [0.29, 0.717) is 5.88 Å². The molecule has 1 aromatic rings. The van der Waals surface area contributed by atoms with Gasteiger partial charge < -0.3 is 21.5 Å². The highest BCUT2D eigenvalue weighted by Crippen LogP contribution is 2.16. The molecule has 0 spiro atoms. The van der Waals surface area contributed by atoms with Crippen LogP contribution in [0, 0.1) is 0 Å². The highest BCUT2D eigenvalue weighted by Gasteiger charge is 2.00. The number of benzene rings is 1. The van der Waals surface area contributed by atoms with Gasteiger partial charge in [-0.3, -0.25) is 0 Å². The van der Waals surface area contributed by atoms with E-state index in [2.05, 4.69) is 17.2 Å². The zero-order chi connectivity index (χ0) is 14.8. The van der Waals surface area contributed by atoms with Crippen molar-refractivity contribution in [3.05, 3.63) is 41.8 Å². The van der Waals surface area contributed by atoms with Gasteiger partial charge in [-0.1, -0.05) is 25.5 Å². The lowest BCUT2D eigenvalue weighted by molar-refractivity contribution is 0.417. The summed E-state index contributed by atoms with van der Waals surface area (Å²) in [7, 11) is 1.94. The smallest absolute Gasteiger partial charge is 0.218 e. The molecule has 0 fully saturated rings. The van der Waals surface area contributed by atoms with E-state index in [1.165, 1.54) is 5.56 Å². The van der Waals surface area contributed by atoms with E-state index >= 15 is 0 Å². The fourth-order valence-electron chi connectivity index (χ4n) is 1.62. The summed E-state index contributed by atoms with van der Waals surface area (Å²) in [6, 6.07) is 7.93. The van der Waals surface area contributed by atoms with Gasteiger partial charge in [0.15, 0.2) is 5.96 Å². The summed E-state index contributed by atoms with van der Waals surface area (Å²) in [5, 5.41) is 3.12. The molecular weight excluding hydrogens is 252 g/mol. The van der Waals surface area contributed by atoms with Crippen molar-refractivity contribution in [2.75, 3.05) is 13.6 Å². The number of likely N-dealkylation sites (N-methyl/N-ethyl adjacent to an activating group) is 1. The molecule has 0 amide bonds. The lowest BCUT2D eigenvalue weighted by atomic mass is 10.1. The number of nitrogens with two attached hydrogens (primary N) is 2. The van der Waals surface area contributed by atoms with Crippen LogP contribution in [0.4, 0.5) is 0 Å². The van der Waals surface area contributed by atoms with Crippen LogP contribution >= 0.6 is 0 Å². The number of hydrogen-bond acceptors (Lipinski definition) is 3. The first-order valence-corrected chi connectivity index (χ1v) is 6.87. The number of nitrogens with zero attached hydrogens (tertiary/aromatic N) is 1. The molecule has 0 heterocycles. The van der Waals surface area contributed by atoms with Crippen molar-refractivity contribution in [3.8, 4) is 5.75 Å². The first-order valence-electron chi connectivity index (χ1n) is 6.87. The predicted octanol–water partition coefficient (Wildman–Crippen LogP) is 1.74. The Kier molecular flexibility index (Phi) is 7.21. The summed E-state index contributed by atoms with van der Waals surface area (Å²) in [5.74, 6) is 1.17. The molecule has 0 atom stereocenters. The van der Waals surface area contributed by atoms with Crippen LogP contribution in [0.3, 0.4) is 0 Å². The molecule has 5 heteroatoms. The maximum Gasteiger partial charge on any atom is 0.218 e. The fraction of sp³-hybridized carbons (Fsp3) is 0.400. The lowest BCUT2D eigenvalue weighted by Crippen LogP contribution is -2.23. The van der Waals surface area contributed by atoms with E-state index in [0.717, 1.165) is 31.6 Å². The van der Waals surface area contributed by atoms with Crippen LogP contribution < -0.4 is 21.5 Å². The molecule has 5 nitrogen and oxygen atoms in total. The van der Waals surface area contributed by atoms with Gasteiger partial charge in [0.2, 0.25) is 5.88 Å². The average molecular weight is 276 g/mol. The van der Waals surface area contributed by atoms with Gasteiger partial charge >= 0.3 is 0 Å². The minimum absolute atomic E-state index is 0.00186. The van der Waals surface area contributed by atoms with Crippen LogP contribution in [0.5, 0.6) is 5.75 Å². The molecule has 0 aliphatic heterocycles. The number of unbranched alkanes of at least 4 members (excludes halogenated alkanes) is 1. The molecular formula is C15H24N4O. The molecule has 20 heavy (non-hydrogen) atoms. The minimum atomic E-state index is -0.00186. The Morgan fingerprint density at radius 2 is 2.00 bits per heavy atom. The van der Waals surface area contributed by atoms with Crippen LogP contribution in [-0.4, -0.2) is 19.6 Å². The van der Waals surface area contributed by atoms with Crippen LogP contribution in [-0.2, 0) is 6.42 Å². The van der Waals surface area contributed by atoms with E-state index in [4.69, 9.17) is 16.2 Å². The van der Waals surface area contributed by atoms with E-state index in [9.17, 15) is 0 Å². The van der Waals surface area contributed by atoms with Gasteiger partial charge in [0.05, 0.1) is 0 Å². The van der Waals surface area contributed by atoms with Gasteiger partial charge in [0.1, 0.15) is 5.75 Å². The highest BCUT2D eigenvalue weighted by molar-refractivity contribution is 5.76. The first-order chi connectivity index (χ1) is 9.65. The van der Waals surface area contributed by atoms with Gasteiger partial charge in [0, 0.05) is 0 Å². The largest absolute Gasteiger partial charge is 0.439 e. The summed E-state index contributed by atoms with van der Waals surface area (Å²) < 4.78 is 5.68. The highest BCUT2D eigenvalue weighted by atomic mass is 16.5. The Balaban J connectivity index is 2.71. The molecule has 5 N–H and O–H groups in total.